The Hall–Kier alpha value is -2.66. The van der Waals surface area contributed by atoms with Gasteiger partial charge in [0.1, 0.15) is 85.3 Å². The zero-order valence-corrected chi connectivity index (χ0v) is 51.3. The van der Waals surface area contributed by atoms with Crippen molar-refractivity contribution in [2.24, 2.45) is 11.8 Å². The Morgan fingerprint density at radius 2 is 0.835 bits per heavy atom. The average molecular weight is 1500 g/mol. The van der Waals surface area contributed by atoms with Gasteiger partial charge in [-0.05, 0) is 6.42 Å². The molecule has 0 aromatic carbocycles. The molecule has 1 saturated carbocycles. The highest BCUT2D eigenvalue weighted by molar-refractivity contribution is 7.84. The second-order valence-electron chi connectivity index (χ2n) is 19.6. The van der Waals surface area contributed by atoms with Crippen molar-refractivity contribution in [2.45, 2.75) is 154 Å². The summed E-state index contributed by atoms with van der Waals surface area (Å²) >= 11 is 0. The largest absolute Gasteiger partial charge is 0.479 e. The molecule has 58 heteroatoms. The van der Waals surface area contributed by atoms with E-state index in [-0.39, 0.29) is 0 Å². The lowest BCUT2D eigenvalue weighted by molar-refractivity contribution is -0.352. The average Bonchev–Trinajstić information content (AvgIpc) is 0.767. The van der Waals surface area contributed by atoms with Crippen LogP contribution in [-0.4, -0.2) is 319 Å². The molecule has 1 aliphatic carbocycles. The summed E-state index contributed by atoms with van der Waals surface area (Å²) in [6.45, 7) is -3.96. The molecule has 0 spiro atoms. The summed E-state index contributed by atoms with van der Waals surface area (Å²) in [5.74, 6) is -9.21. The van der Waals surface area contributed by atoms with Crippen LogP contribution >= 0.6 is 0 Å². The summed E-state index contributed by atoms with van der Waals surface area (Å²) in [5.41, 5.74) is 0. The molecule has 0 bridgehead atoms. The number of rotatable bonds is 30. The van der Waals surface area contributed by atoms with Gasteiger partial charge in [-0.15, -0.1) is 0 Å². The molecule has 25 atom stereocenters. The molecule has 4 heterocycles. The van der Waals surface area contributed by atoms with Gasteiger partial charge >= 0.3 is 94.8 Å². The van der Waals surface area contributed by atoms with E-state index in [9.17, 15) is 145 Å². The molecule has 0 amide bonds. The Labute approximate surface area is 512 Å². The van der Waals surface area contributed by atoms with E-state index in [1.807, 2.05) is 0 Å². The minimum atomic E-state index is -6.25. The Kier molecular flexibility index (Phi) is 26.0. The molecule has 5 aliphatic rings. The third-order valence-electron chi connectivity index (χ3n) is 13.3. The van der Waals surface area contributed by atoms with Crippen LogP contribution in [0, 0.1) is 11.8 Å². The highest BCUT2D eigenvalue weighted by Gasteiger charge is 2.60. The molecular formula is C33H57N3O47S8. The standard InChI is InChI=1S/C33H57N3O47S8/c1-7-20(26(28(42)43)81-33(21(7)82-90(64,65)66)78-23-11(6-73-89(61,62)63)76-30(70-2)14(17(23)39)36-86(52,53)54)74-9-3-8(4-71-87(55,56)57)22(24(83-91(67,68)69)12(9)34-84(46,47)48)77-32-19(41)18(40)25(27(80-32)29(44)45)79-31-13(35-85(49,50)51)16(38)15(37)10(75-31)5-72-88(58,59)60/h7-27,30-41H,3-6H2,1-2H3,(H,42,43)(H,44,45)(H,46,47,48)(H,49,50,51)(H,52,53,54)(H,55,56,57)(H,58,59,60)(H,61,62,63)(H,64,65,66)(H,67,68,69)/t7-,8+,9-,10+,11+,12-,13+,14+,15+,16+,17+,18+,19+,20-,21+,22+,23+,24+,25-,26+,27-,30-,31+,32+,33+/m0/s1. The lowest BCUT2D eigenvalue weighted by Crippen LogP contribution is -2.69. The molecule has 5 fully saturated rings. The number of ether oxygens (including phenoxy) is 9. The van der Waals surface area contributed by atoms with Crippen LogP contribution in [0.1, 0.15) is 13.3 Å². The highest BCUT2D eigenvalue weighted by Crippen LogP contribution is 2.42. The SMILES string of the molecule is CO[C@H]1O[C@H](COS(=O)(=O)O)[C@@H](O[C@@H]2O[C@@H](C(=O)O)[C@@H](O[C@H]3C[C@H](COS(=O)(=O)O)[C@@H](O[C@@H]4O[C@H](C(=O)O)[C@@H](O[C@H]5O[C@H](COS(=O)(=O)O)[C@@H](O)[C@H](O)[C@H]5NS(=O)(=O)O)[C@H](O)[C@H]4O)[C@H](OS(=O)(=O)O)[C@H]3NS(=O)(=O)O)[C@H](C)[C@H]2OS(=O)(=O)O)[C@H](O)[C@H]1NS(=O)(=O)O. The lowest BCUT2D eigenvalue weighted by atomic mass is 9.79. The number of hydrogen-bond acceptors (Lipinski definition) is 37. The predicted molar refractivity (Wildman–Crippen MR) is 268 cm³/mol. The van der Waals surface area contributed by atoms with Crippen LogP contribution in [0.5, 0.6) is 0 Å². The maximum atomic E-state index is 13.2. The normalized spacial score (nSPS) is 38.6. The zero-order valence-electron chi connectivity index (χ0n) is 44.8. The van der Waals surface area contributed by atoms with E-state index >= 15 is 0 Å². The van der Waals surface area contributed by atoms with Crippen LogP contribution in [0.4, 0.5) is 0 Å². The Morgan fingerprint density at radius 3 is 1.31 bits per heavy atom. The van der Waals surface area contributed by atoms with E-state index < -0.39 is 274 Å². The van der Waals surface area contributed by atoms with Gasteiger partial charge in [-0.3, -0.25) is 36.4 Å². The van der Waals surface area contributed by atoms with E-state index in [4.69, 9.17) is 47.2 Å². The smallest absolute Gasteiger partial charge is 0.397 e. The van der Waals surface area contributed by atoms with Gasteiger partial charge in [0.2, 0.25) is 0 Å². The summed E-state index contributed by atoms with van der Waals surface area (Å²) < 4.78 is 345. The molecule has 4 aliphatic heterocycles. The summed E-state index contributed by atoms with van der Waals surface area (Å²) in [6, 6.07) is -7.73. The summed E-state index contributed by atoms with van der Waals surface area (Å²) in [5, 5.41) is 76.5. The zero-order chi connectivity index (χ0) is 69.4. The fourth-order valence-corrected chi connectivity index (χ4v) is 13.6. The molecule has 0 aromatic rings. The number of hydrogen-bond donors (Lipinski definition) is 18. The van der Waals surface area contributed by atoms with Gasteiger partial charge < -0.3 is 78.4 Å². The summed E-state index contributed by atoms with van der Waals surface area (Å²) in [4.78, 5) is 26.0. The number of methoxy groups -OCH3 is 1. The molecule has 534 valence electrons. The highest BCUT2D eigenvalue weighted by atomic mass is 32.3. The number of carboxylic acid groups (broad SMARTS) is 2. The van der Waals surface area contributed by atoms with Crippen LogP contribution in [-0.2, 0) is 156 Å². The van der Waals surface area contributed by atoms with E-state index in [2.05, 4.69) is 20.9 Å². The van der Waals surface area contributed by atoms with Crippen molar-refractivity contribution in [3.05, 3.63) is 0 Å². The van der Waals surface area contributed by atoms with E-state index in [1.54, 1.807) is 0 Å². The van der Waals surface area contributed by atoms with Gasteiger partial charge in [0.15, 0.2) is 37.4 Å². The first-order valence-electron chi connectivity index (χ1n) is 24.2. The Balaban J connectivity index is 1.60. The van der Waals surface area contributed by atoms with Crippen molar-refractivity contribution in [1.82, 2.24) is 14.2 Å². The van der Waals surface area contributed by atoms with E-state index in [0.717, 1.165) is 7.11 Å². The fraction of sp³-hybridized carbons (Fsp3) is 0.939. The maximum absolute atomic E-state index is 13.2. The van der Waals surface area contributed by atoms with E-state index in [1.165, 1.54) is 14.2 Å². The summed E-state index contributed by atoms with van der Waals surface area (Å²) in [7, 11) is -45.1. The number of aliphatic hydroxyl groups is 5. The fourth-order valence-electron chi connectivity index (χ4n) is 9.76. The molecule has 18 N–H and O–H groups in total. The van der Waals surface area contributed by atoms with Gasteiger partial charge in [-0.1, -0.05) is 6.92 Å². The van der Waals surface area contributed by atoms with Crippen molar-refractivity contribution >= 4 is 94.8 Å². The first-order chi connectivity index (χ1) is 41.2. The quantitative estimate of drug-likeness (QED) is 0.0297. The number of carbonyl (C=O) groups is 2. The maximum Gasteiger partial charge on any atom is 0.397 e. The lowest BCUT2D eigenvalue weighted by Gasteiger charge is -2.51. The van der Waals surface area contributed by atoms with E-state index in [0.29, 0.717) is 6.92 Å². The minimum absolute atomic E-state index is 0.716. The van der Waals surface area contributed by atoms with Gasteiger partial charge in [-0.25, -0.2) is 30.5 Å². The van der Waals surface area contributed by atoms with Crippen LogP contribution in [0.15, 0.2) is 0 Å². The van der Waals surface area contributed by atoms with Crippen molar-refractivity contribution in [3.63, 3.8) is 0 Å². The predicted octanol–water partition coefficient (Wildman–Crippen LogP) is -11.8. The first-order valence-corrected chi connectivity index (χ1v) is 35.3. The van der Waals surface area contributed by atoms with Gasteiger partial charge in [0.05, 0.1) is 38.1 Å². The number of aliphatic hydroxyl groups excluding tert-OH is 5. The van der Waals surface area contributed by atoms with Crippen molar-refractivity contribution in [3.8, 4) is 0 Å². The van der Waals surface area contributed by atoms with Gasteiger partial charge in [-0.2, -0.15) is 81.5 Å². The molecular weight excluding hydrogens is 1450 g/mol. The number of aliphatic carboxylic acids is 2. The number of nitrogens with one attached hydrogen (secondary N) is 3. The molecule has 91 heavy (non-hydrogen) atoms. The molecule has 4 saturated heterocycles. The first kappa shape index (κ1) is 79.0. The second kappa shape index (κ2) is 30.0. The van der Waals surface area contributed by atoms with Crippen LogP contribution < -0.4 is 14.2 Å². The second-order valence-corrected chi connectivity index (χ2v) is 28.5. The minimum Gasteiger partial charge on any atom is -0.479 e. The topological polar surface area (TPSA) is 776 Å². The van der Waals surface area contributed by atoms with Crippen LogP contribution in [0.3, 0.4) is 0 Å². The molecule has 0 unspecified atom stereocenters. The van der Waals surface area contributed by atoms with Gasteiger partial charge in [0, 0.05) is 18.9 Å². The number of carboxylic acids is 2. The molecule has 0 radical (unpaired) electrons. The third kappa shape index (κ3) is 23.0. The molecule has 0 aromatic heterocycles. The molecule has 5 rings (SSSR count). The summed E-state index contributed by atoms with van der Waals surface area (Å²) in [6.07, 6.45) is -55.0. The van der Waals surface area contributed by atoms with Crippen LogP contribution in [0.25, 0.3) is 0 Å². The van der Waals surface area contributed by atoms with Crippen molar-refractivity contribution in [2.75, 3.05) is 26.9 Å². The van der Waals surface area contributed by atoms with Crippen molar-refractivity contribution in [1.29, 1.82) is 0 Å². The van der Waals surface area contributed by atoms with Gasteiger partial charge in [0.25, 0.3) is 0 Å². The Bertz CT molecular complexity index is 3490. The monoisotopic (exact) mass is 1500 g/mol. The Morgan fingerprint density at radius 1 is 0.418 bits per heavy atom. The molecule has 50 nitrogen and oxygen atoms in total. The van der Waals surface area contributed by atoms with Crippen LogP contribution in [0.2, 0.25) is 0 Å². The van der Waals surface area contributed by atoms with Crippen molar-refractivity contribution < 1.29 is 213 Å². The third-order valence-corrected chi connectivity index (χ3v) is 17.3.